The summed E-state index contributed by atoms with van der Waals surface area (Å²) in [4.78, 5) is 21.6. The second kappa shape index (κ2) is 12.7. The number of carbonyl (C=O) groups excluding carboxylic acids is 1. The zero-order valence-electron chi connectivity index (χ0n) is 19.9. The highest BCUT2D eigenvalue weighted by molar-refractivity contribution is 14.0. The molecule has 1 N–H and O–H groups in total. The molecule has 1 aromatic rings. The molecule has 2 fully saturated rings. The van der Waals surface area contributed by atoms with Crippen LogP contribution in [0.3, 0.4) is 0 Å². The molecule has 1 unspecified atom stereocenters. The van der Waals surface area contributed by atoms with E-state index in [0.29, 0.717) is 32.8 Å². The second-order valence-corrected chi connectivity index (χ2v) is 9.21. The number of rotatable bonds is 6. The summed E-state index contributed by atoms with van der Waals surface area (Å²) in [6.07, 6.45) is 1.60. The third-order valence-electron chi connectivity index (χ3n) is 5.51. The maximum Gasteiger partial charge on any atom is 0.251 e. The molecule has 8 heteroatoms. The third kappa shape index (κ3) is 8.19. The maximum absolute atomic E-state index is 12.6. The zero-order valence-corrected chi connectivity index (χ0v) is 22.3. The van der Waals surface area contributed by atoms with Crippen LogP contribution < -0.4 is 5.32 Å². The van der Waals surface area contributed by atoms with Gasteiger partial charge in [-0.05, 0) is 51.7 Å². The molecule has 0 aromatic heterocycles. The van der Waals surface area contributed by atoms with E-state index in [0.717, 1.165) is 49.6 Å². The number of amides is 1. The number of nitrogens with zero attached hydrogens (tertiary/aromatic N) is 3. The number of carbonyl (C=O) groups is 1. The first-order chi connectivity index (χ1) is 14.9. The lowest BCUT2D eigenvalue weighted by molar-refractivity contribution is -0.142. The van der Waals surface area contributed by atoms with Crippen LogP contribution >= 0.6 is 24.0 Å². The van der Waals surface area contributed by atoms with E-state index in [-0.39, 0.29) is 41.6 Å². The number of hydrogen-bond donors (Lipinski definition) is 1. The highest BCUT2D eigenvalue weighted by Gasteiger charge is 2.30. The monoisotopic (exact) mass is 558 g/mol. The fraction of sp³-hybridized carbons (Fsp3) is 0.667. The Morgan fingerprint density at radius 2 is 1.88 bits per heavy atom. The van der Waals surface area contributed by atoms with Crippen LogP contribution in [0.1, 0.15) is 51.7 Å². The summed E-state index contributed by atoms with van der Waals surface area (Å²) in [6, 6.07) is 8.42. The lowest BCUT2D eigenvalue weighted by Crippen LogP contribution is -2.55. The number of guanidine groups is 1. The van der Waals surface area contributed by atoms with Gasteiger partial charge >= 0.3 is 0 Å². The Balaban J connectivity index is 0.00000363. The van der Waals surface area contributed by atoms with Gasteiger partial charge in [-0.25, -0.2) is 4.99 Å². The summed E-state index contributed by atoms with van der Waals surface area (Å²) in [6.45, 7) is 14.0. The van der Waals surface area contributed by atoms with E-state index in [1.165, 1.54) is 0 Å². The summed E-state index contributed by atoms with van der Waals surface area (Å²) >= 11 is 0. The van der Waals surface area contributed by atoms with E-state index in [2.05, 4.69) is 62.2 Å². The van der Waals surface area contributed by atoms with Gasteiger partial charge in [0.2, 0.25) is 0 Å². The Kier molecular flexibility index (Phi) is 10.7. The topological polar surface area (TPSA) is 66.4 Å². The summed E-state index contributed by atoms with van der Waals surface area (Å²) in [5.41, 5.74) is 2.17. The molecule has 1 amide bonds. The lowest BCUT2D eigenvalue weighted by Gasteiger charge is -2.37. The van der Waals surface area contributed by atoms with Crippen LogP contribution in [-0.4, -0.2) is 72.7 Å². The third-order valence-corrected chi connectivity index (χ3v) is 5.51. The summed E-state index contributed by atoms with van der Waals surface area (Å²) in [7, 11) is 0. The molecule has 0 saturated carbocycles. The summed E-state index contributed by atoms with van der Waals surface area (Å²) in [5.74, 6) is 1.05. The molecule has 7 nitrogen and oxygen atoms in total. The molecular weight excluding hydrogens is 519 g/mol. The van der Waals surface area contributed by atoms with Crippen molar-refractivity contribution in [1.29, 1.82) is 0 Å². The first-order valence-electron chi connectivity index (χ1n) is 11.5. The van der Waals surface area contributed by atoms with Crippen LogP contribution in [0.15, 0.2) is 29.3 Å². The number of hydrogen-bond acceptors (Lipinski definition) is 4. The molecule has 0 spiro atoms. The van der Waals surface area contributed by atoms with E-state index in [1.54, 1.807) is 0 Å². The molecule has 32 heavy (non-hydrogen) atoms. The molecule has 0 bridgehead atoms. The largest absolute Gasteiger partial charge is 0.371 e. The van der Waals surface area contributed by atoms with Crippen molar-refractivity contribution in [1.82, 2.24) is 15.1 Å². The van der Waals surface area contributed by atoms with Gasteiger partial charge in [0, 0.05) is 39.3 Å². The number of piperazine rings is 1. The van der Waals surface area contributed by atoms with Crippen LogP contribution in [0.4, 0.5) is 0 Å². The van der Waals surface area contributed by atoms with Gasteiger partial charge in [-0.1, -0.05) is 24.3 Å². The summed E-state index contributed by atoms with van der Waals surface area (Å²) in [5, 5.41) is 3.40. The molecule has 2 heterocycles. The Morgan fingerprint density at radius 1 is 1.19 bits per heavy atom. The predicted octanol–water partition coefficient (Wildman–Crippen LogP) is 3.41. The molecule has 3 rings (SSSR count). The Labute approximate surface area is 209 Å². The van der Waals surface area contributed by atoms with Crippen LogP contribution in [-0.2, 0) is 27.4 Å². The first kappa shape index (κ1) is 26.9. The van der Waals surface area contributed by atoms with E-state index >= 15 is 0 Å². The Morgan fingerprint density at radius 3 is 2.50 bits per heavy atom. The number of aliphatic imine (C=N–C) groups is 1. The van der Waals surface area contributed by atoms with Crippen molar-refractivity contribution in [3.05, 3.63) is 35.4 Å². The fourth-order valence-corrected chi connectivity index (χ4v) is 3.82. The van der Waals surface area contributed by atoms with Crippen molar-refractivity contribution in [2.45, 2.75) is 65.4 Å². The minimum absolute atomic E-state index is 0. The first-order valence-corrected chi connectivity index (χ1v) is 11.5. The highest BCUT2D eigenvalue weighted by Crippen LogP contribution is 2.17. The van der Waals surface area contributed by atoms with Crippen molar-refractivity contribution >= 4 is 35.8 Å². The van der Waals surface area contributed by atoms with Gasteiger partial charge in [-0.15, -0.1) is 24.0 Å². The van der Waals surface area contributed by atoms with Crippen LogP contribution in [0, 0.1) is 0 Å². The predicted molar refractivity (Wildman–Crippen MR) is 138 cm³/mol. The van der Waals surface area contributed by atoms with E-state index in [1.807, 2.05) is 4.90 Å². The average Bonchev–Trinajstić information content (AvgIpc) is 3.30. The highest BCUT2D eigenvalue weighted by atomic mass is 127. The summed E-state index contributed by atoms with van der Waals surface area (Å²) < 4.78 is 11.5. The van der Waals surface area contributed by atoms with Crippen molar-refractivity contribution in [3.8, 4) is 0 Å². The van der Waals surface area contributed by atoms with E-state index in [4.69, 9.17) is 14.5 Å². The number of halogens is 1. The van der Waals surface area contributed by atoms with Crippen molar-refractivity contribution in [3.63, 3.8) is 0 Å². The molecule has 2 aliphatic rings. The van der Waals surface area contributed by atoms with Gasteiger partial charge < -0.3 is 24.6 Å². The number of benzene rings is 1. The van der Waals surface area contributed by atoms with Crippen molar-refractivity contribution in [2.75, 3.05) is 39.3 Å². The second-order valence-electron chi connectivity index (χ2n) is 9.21. The number of nitrogens with one attached hydrogen (secondary N) is 1. The zero-order chi connectivity index (χ0) is 22.3. The SMILES string of the molecule is CCNC(=NCc1cccc(COC(C)(C)C)c1)N1CCN(C(=O)C2CCCO2)CC1.I. The van der Waals surface area contributed by atoms with E-state index < -0.39 is 0 Å². The van der Waals surface area contributed by atoms with Crippen molar-refractivity contribution < 1.29 is 14.3 Å². The van der Waals surface area contributed by atoms with Gasteiger partial charge in [0.25, 0.3) is 5.91 Å². The van der Waals surface area contributed by atoms with Gasteiger partial charge in [0.15, 0.2) is 5.96 Å². The van der Waals surface area contributed by atoms with Gasteiger partial charge in [0.05, 0.1) is 18.8 Å². The average molecular weight is 559 g/mol. The molecule has 0 aliphatic carbocycles. The quantitative estimate of drug-likeness (QED) is 0.330. The number of ether oxygens (including phenoxy) is 2. The molecule has 180 valence electrons. The minimum atomic E-state index is -0.233. The molecule has 1 aromatic carbocycles. The van der Waals surface area contributed by atoms with Crippen LogP contribution in [0.5, 0.6) is 0 Å². The van der Waals surface area contributed by atoms with E-state index in [9.17, 15) is 4.79 Å². The molecule has 1 atom stereocenters. The van der Waals surface area contributed by atoms with Gasteiger partial charge in [0.1, 0.15) is 6.10 Å². The molecular formula is C24H39IN4O3. The smallest absolute Gasteiger partial charge is 0.251 e. The van der Waals surface area contributed by atoms with Gasteiger partial charge in [-0.3, -0.25) is 4.79 Å². The normalized spacial score (nSPS) is 19.6. The standard InChI is InChI=1S/C24H38N4O3.HI/c1-5-25-23(26-17-19-8-6-9-20(16-19)18-31-24(2,3)4)28-13-11-27(12-14-28)22(29)21-10-7-15-30-21;/h6,8-9,16,21H,5,7,10-15,17-18H2,1-4H3,(H,25,26);1H. The fourth-order valence-electron chi connectivity index (χ4n) is 3.82. The van der Waals surface area contributed by atoms with Crippen LogP contribution in [0.25, 0.3) is 0 Å². The molecule has 0 radical (unpaired) electrons. The lowest BCUT2D eigenvalue weighted by atomic mass is 10.1. The molecule has 2 aliphatic heterocycles. The van der Waals surface area contributed by atoms with Crippen molar-refractivity contribution in [2.24, 2.45) is 4.99 Å². The van der Waals surface area contributed by atoms with Crippen LogP contribution in [0.2, 0.25) is 0 Å². The molecule has 2 saturated heterocycles. The van der Waals surface area contributed by atoms with Gasteiger partial charge in [-0.2, -0.15) is 0 Å². The Bertz CT molecular complexity index is 752. The maximum atomic E-state index is 12.6. The minimum Gasteiger partial charge on any atom is -0.371 e. The Hall–Kier alpha value is -1.39.